The van der Waals surface area contributed by atoms with Gasteiger partial charge in [-0.2, -0.15) is 0 Å². The Morgan fingerprint density at radius 2 is 2.22 bits per heavy atom. The molecule has 0 aliphatic rings. The maximum Gasteiger partial charge on any atom is 0.303 e. The highest BCUT2D eigenvalue weighted by atomic mass is 35.5. The monoisotopic (exact) mass is 270 g/mol. The molecule has 5 nitrogen and oxygen atoms in total. The number of halogens is 2. The fourth-order valence-electron chi connectivity index (χ4n) is 1.35. The summed E-state index contributed by atoms with van der Waals surface area (Å²) < 4.78 is 18.8. The SMILES string of the molecule is O=C(O)CCc1nnc(-c2cccc(Cl)c2F)o1. The Morgan fingerprint density at radius 1 is 1.44 bits per heavy atom. The van der Waals surface area contributed by atoms with Crippen molar-refractivity contribution in [2.45, 2.75) is 12.8 Å². The molecular weight excluding hydrogens is 263 g/mol. The van der Waals surface area contributed by atoms with Crippen LogP contribution in [-0.4, -0.2) is 21.3 Å². The second-order valence-electron chi connectivity index (χ2n) is 3.50. The Kier molecular flexibility index (Phi) is 3.57. The Hall–Kier alpha value is -1.95. The molecular formula is C11H8ClFN2O3. The molecule has 1 aromatic carbocycles. The molecule has 94 valence electrons. The summed E-state index contributed by atoms with van der Waals surface area (Å²) in [7, 11) is 0. The average molecular weight is 271 g/mol. The van der Waals surface area contributed by atoms with E-state index in [-0.39, 0.29) is 35.2 Å². The van der Waals surface area contributed by atoms with Gasteiger partial charge in [-0.05, 0) is 12.1 Å². The minimum atomic E-state index is -0.969. The number of hydrogen-bond acceptors (Lipinski definition) is 4. The van der Waals surface area contributed by atoms with Crippen LogP contribution < -0.4 is 0 Å². The molecule has 0 saturated heterocycles. The molecule has 18 heavy (non-hydrogen) atoms. The number of carboxylic acids is 1. The van der Waals surface area contributed by atoms with Crippen LogP contribution in [0.15, 0.2) is 22.6 Å². The molecule has 2 rings (SSSR count). The van der Waals surface area contributed by atoms with E-state index < -0.39 is 11.8 Å². The summed E-state index contributed by atoms with van der Waals surface area (Å²) in [6, 6.07) is 4.42. The molecule has 0 amide bonds. The van der Waals surface area contributed by atoms with Crippen LogP contribution in [0.25, 0.3) is 11.5 Å². The van der Waals surface area contributed by atoms with Crippen LogP contribution in [0.4, 0.5) is 4.39 Å². The number of hydrogen-bond donors (Lipinski definition) is 1. The van der Waals surface area contributed by atoms with E-state index in [1.54, 1.807) is 6.07 Å². The van der Waals surface area contributed by atoms with Gasteiger partial charge in [0, 0.05) is 6.42 Å². The number of aromatic nitrogens is 2. The Labute approximate surface area is 106 Å². The van der Waals surface area contributed by atoms with Gasteiger partial charge in [-0.3, -0.25) is 4.79 Å². The molecule has 0 fully saturated rings. The summed E-state index contributed by atoms with van der Waals surface area (Å²) in [5.41, 5.74) is 0.0941. The lowest BCUT2D eigenvalue weighted by atomic mass is 10.2. The van der Waals surface area contributed by atoms with Gasteiger partial charge < -0.3 is 9.52 Å². The van der Waals surface area contributed by atoms with Gasteiger partial charge in [-0.25, -0.2) is 4.39 Å². The standard InChI is InChI=1S/C11H8ClFN2O3/c12-7-3-1-2-6(10(7)13)11-15-14-8(18-11)4-5-9(16)17/h1-3H,4-5H2,(H,16,17). The van der Waals surface area contributed by atoms with Crippen LogP contribution in [0.5, 0.6) is 0 Å². The van der Waals surface area contributed by atoms with E-state index in [0.29, 0.717) is 0 Å². The summed E-state index contributed by atoms with van der Waals surface area (Å²) >= 11 is 5.63. The molecule has 0 radical (unpaired) electrons. The third-order valence-corrected chi connectivity index (χ3v) is 2.49. The summed E-state index contributed by atoms with van der Waals surface area (Å²) in [6.45, 7) is 0. The van der Waals surface area contributed by atoms with Gasteiger partial charge in [0.2, 0.25) is 5.89 Å². The van der Waals surface area contributed by atoms with Gasteiger partial charge in [0.15, 0.2) is 5.82 Å². The number of carbonyl (C=O) groups is 1. The summed E-state index contributed by atoms with van der Waals surface area (Å²) in [5, 5.41) is 15.8. The van der Waals surface area contributed by atoms with Gasteiger partial charge in [-0.1, -0.05) is 17.7 Å². The van der Waals surface area contributed by atoms with E-state index >= 15 is 0 Å². The van der Waals surface area contributed by atoms with Crippen molar-refractivity contribution >= 4 is 17.6 Å². The third-order valence-electron chi connectivity index (χ3n) is 2.20. The van der Waals surface area contributed by atoms with Crippen molar-refractivity contribution in [1.82, 2.24) is 10.2 Å². The zero-order valence-electron chi connectivity index (χ0n) is 9.06. The van der Waals surface area contributed by atoms with E-state index in [0.717, 1.165) is 0 Å². The first-order chi connectivity index (χ1) is 8.58. The van der Waals surface area contributed by atoms with Gasteiger partial charge >= 0.3 is 5.97 Å². The lowest BCUT2D eigenvalue weighted by Gasteiger charge is -1.98. The predicted octanol–water partition coefficient (Wildman–Crippen LogP) is 2.55. The van der Waals surface area contributed by atoms with Crippen LogP contribution in [0, 0.1) is 5.82 Å². The van der Waals surface area contributed by atoms with Crippen molar-refractivity contribution in [3.63, 3.8) is 0 Å². The van der Waals surface area contributed by atoms with E-state index in [1.165, 1.54) is 12.1 Å². The average Bonchev–Trinajstić information content (AvgIpc) is 2.78. The van der Waals surface area contributed by atoms with E-state index in [2.05, 4.69) is 10.2 Å². The van der Waals surface area contributed by atoms with E-state index in [9.17, 15) is 9.18 Å². The lowest BCUT2D eigenvalue weighted by Crippen LogP contribution is -1.97. The predicted molar refractivity (Wildman–Crippen MR) is 60.7 cm³/mol. The van der Waals surface area contributed by atoms with Crippen molar-refractivity contribution in [3.05, 3.63) is 34.9 Å². The number of benzene rings is 1. The summed E-state index contributed by atoms with van der Waals surface area (Å²) in [4.78, 5) is 10.4. The smallest absolute Gasteiger partial charge is 0.303 e. The fraction of sp³-hybridized carbons (Fsp3) is 0.182. The minimum Gasteiger partial charge on any atom is -0.481 e. The molecule has 2 aromatic rings. The second kappa shape index (κ2) is 5.14. The van der Waals surface area contributed by atoms with Gasteiger partial charge in [0.1, 0.15) is 0 Å². The lowest BCUT2D eigenvalue weighted by molar-refractivity contribution is -0.137. The van der Waals surface area contributed by atoms with Crippen LogP contribution in [0.3, 0.4) is 0 Å². The van der Waals surface area contributed by atoms with E-state index in [4.69, 9.17) is 21.1 Å². The highest BCUT2D eigenvalue weighted by Crippen LogP contribution is 2.26. The molecule has 0 spiro atoms. The molecule has 0 bridgehead atoms. The molecule has 0 unspecified atom stereocenters. The quantitative estimate of drug-likeness (QED) is 0.924. The molecule has 0 atom stereocenters. The van der Waals surface area contributed by atoms with Crippen LogP contribution >= 0.6 is 11.6 Å². The topological polar surface area (TPSA) is 76.2 Å². The van der Waals surface area contributed by atoms with Crippen LogP contribution in [-0.2, 0) is 11.2 Å². The van der Waals surface area contributed by atoms with Crippen molar-refractivity contribution in [2.75, 3.05) is 0 Å². The molecule has 7 heteroatoms. The van der Waals surface area contributed by atoms with Crippen LogP contribution in [0.1, 0.15) is 12.3 Å². The number of aliphatic carboxylic acids is 1. The summed E-state index contributed by atoms with van der Waals surface area (Å²) in [6.07, 6.45) is -0.0236. The van der Waals surface area contributed by atoms with Crippen molar-refractivity contribution in [2.24, 2.45) is 0 Å². The third kappa shape index (κ3) is 2.65. The second-order valence-corrected chi connectivity index (χ2v) is 3.90. The first-order valence-electron chi connectivity index (χ1n) is 5.06. The highest BCUT2D eigenvalue weighted by Gasteiger charge is 2.15. The number of carboxylic acid groups (broad SMARTS) is 1. The van der Waals surface area contributed by atoms with Crippen LogP contribution in [0.2, 0.25) is 5.02 Å². The summed E-state index contributed by atoms with van der Waals surface area (Å²) in [5.74, 6) is -1.49. The Bertz CT molecular complexity index is 585. The maximum atomic E-state index is 13.7. The minimum absolute atomic E-state index is 0.0182. The fourth-order valence-corrected chi connectivity index (χ4v) is 1.52. The highest BCUT2D eigenvalue weighted by molar-refractivity contribution is 6.31. The van der Waals surface area contributed by atoms with Gasteiger partial charge in [0.05, 0.1) is 17.0 Å². The van der Waals surface area contributed by atoms with Crippen molar-refractivity contribution in [1.29, 1.82) is 0 Å². The first-order valence-corrected chi connectivity index (χ1v) is 5.44. The molecule has 1 aromatic heterocycles. The zero-order chi connectivity index (χ0) is 13.1. The number of rotatable bonds is 4. The van der Waals surface area contributed by atoms with Crippen molar-refractivity contribution < 1.29 is 18.7 Å². The number of aryl methyl sites for hydroxylation is 1. The zero-order valence-corrected chi connectivity index (χ0v) is 9.82. The maximum absolute atomic E-state index is 13.7. The molecule has 1 N–H and O–H groups in total. The first kappa shape index (κ1) is 12.5. The Morgan fingerprint density at radius 3 is 2.94 bits per heavy atom. The van der Waals surface area contributed by atoms with Gasteiger partial charge in [-0.15, -0.1) is 10.2 Å². The largest absolute Gasteiger partial charge is 0.481 e. The molecule has 0 aliphatic carbocycles. The normalized spacial score (nSPS) is 10.6. The Balaban J connectivity index is 2.24. The molecule has 0 saturated carbocycles. The molecule has 1 heterocycles. The molecule has 0 aliphatic heterocycles. The van der Waals surface area contributed by atoms with E-state index in [1.807, 2.05) is 0 Å². The van der Waals surface area contributed by atoms with Gasteiger partial charge in [0.25, 0.3) is 5.89 Å². The number of nitrogens with zero attached hydrogens (tertiary/aromatic N) is 2. The van der Waals surface area contributed by atoms with Crippen molar-refractivity contribution in [3.8, 4) is 11.5 Å².